The Bertz CT molecular complexity index is 1170. The molecule has 0 radical (unpaired) electrons. The number of hydrogen-bond donors (Lipinski definition) is 0. The molecule has 1 saturated heterocycles. The first-order valence-electron chi connectivity index (χ1n) is 11.4. The van der Waals surface area contributed by atoms with E-state index in [0.717, 1.165) is 35.9 Å². The molecule has 1 aliphatic heterocycles. The van der Waals surface area contributed by atoms with Gasteiger partial charge in [0.15, 0.2) is 0 Å². The zero-order valence-corrected chi connectivity index (χ0v) is 19.5. The first-order valence-corrected chi connectivity index (χ1v) is 11.4. The largest absolute Gasteiger partial charge is 0.462 e. The fourth-order valence-electron chi connectivity index (χ4n) is 4.16. The molecule has 0 saturated carbocycles. The third-order valence-corrected chi connectivity index (χ3v) is 5.75. The van der Waals surface area contributed by atoms with Crippen LogP contribution < -0.4 is 4.74 Å². The summed E-state index contributed by atoms with van der Waals surface area (Å²) in [4.78, 5) is 19.2. The molecule has 7 heteroatoms. The van der Waals surface area contributed by atoms with Gasteiger partial charge < -0.3 is 14.4 Å². The van der Waals surface area contributed by atoms with Gasteiger partial charge in [-0.15, -0.1) is 0 Å². The molecule has 0 unspecified atom stereocenters. The smallest absolute Gasteiger partial charge is 0.410 e. The molecule has 1 aromatic heterocycles. The number of imidazole rings is 1. The Morgan fingerprint density at radius 1 is 1.15 bits per heavy atom. The number of aromatic nitrogens is 2. The van der Waals surface area contributed by atoms with Crippen LogP contribution in [0.1, 0.15) is 51.2 Å². The standard InChI is InChI=1S/C26H30N4O3/c1-26(2,3)33-25(31)29-15-9-8-12-21(29)18-32-24-28-22-13-6-7-14-23(22)30(24)17-20-11-5-4-10-19(20)16-27/h4-7,10-11,13-14,21H,8-9,12,15,17-18H2,1-3H3/t21-/m0/s1. The van der Waals surface area contributed by atoms with Crippen molar-refractivity contribution in [1.82, 2.24) is 14.5 Å². The van der Waals surface area contributed by atoms with E-state index in [1.807, 2.05) is 73.9 Å². The number of nitriles is 1. The highest BCUT2D eigenvalue weighted by Gasteiger charge is 2.31. The monoisotopic (exact) mass is 446 g/mol. The minimum Gasteiger partial charge on any atom is -0.462 e. The summed E-state index contributed by atoms with van der Waals surface area (Å²) in [7, 11) is 0. The molecule has 1 amide bonds. The Morgan fingerprint density at radius 2 is 1.91 bits per heavy atom. The van der Waals surface area contributed by atoms with Gasteiger partial charge in [0, 0.05) is 6.54 Å². The second-order valence-electron chi connectivity index (χ2n) is 9.37. The van der Waals surface area contributed by atoms with Gasteiger partial charge in [-0.1, -0.05) is 30.3 Å². The van der Waals surface area contributed by atoms with Crippen molar-refractivity contribution in [1.29, 1.82) is 5.26 Å². The predicted molar refractivity (Wildman–Crippen MR) is 126 cm³/mol. The number of carbonyl (C=O) groups is 1. The van der Waals surface area contributed by atoms with E-state index in [9.17, 15) is 10.1 Å². The van der Waals surface area contributed by atoms with Gasteiger partial charge in [0.2, 0.25) is 0 Å². The van der Waals surface area contributed by atoms with Crippen LogP contribution in [0.5, 0.6) is 6.01 Å². The van der Waals surface area contributed by atoms with Gasteiger partial charge in [0.25, 0.3) is 6.01 Å². The van der Waals surface area contributed by atoms with E-state index in [0.29, 0.717) is 31.3 Å². The molecular formula is C26H30N4O3. The number of benzene rings is 2. The number of carbonyl (C=O) groups excluding carboxylic acids is 1. The molecule has 1 aliphatic rings. The molecule has 1 atom stereocenters. The van der Waals surface area contributed by atoms with E-state index in [2.05, 4.69) is 6.07 Å². The van der Waals surface area contributed by atoms with Crippen molar-refractivity contribution in [2.24, 2.45) is 0 Å². The summed E-state index contributed by atoms with van der Waals surface area (Å²) in [6.45, 7) is 7.10. The molecule has 0 spiro atoms. The Hall–Kier alpha value is -3.53. The Balaban J connectivity index is 1.58. The number of likely N-dealkylation sites (tertiary alicyclic amines) is 1. The van der Waals surface area contributed by atoms with Crippen molar-refractivity contribution in [3.63, 3.8) is 0 Å². The van der Waals surface area contributed by atoms with Crippen LogP contribution in [-0.2, 0) is 11.3 Å². The first-order chi connectivity index (χ1) is 15.9. The van der Waals surface area contributed by atoms with Crippen molar-refractivity contribution in [3.8, 4) is 12.1 Å². The summed E-state index contributed by atoms with van der Waals surface area (Å²) in [5.74, 6) is 0. The van der Waals surface area contributed by atoms with Crippen molar-refractivity contribution in [2.45, 2.75) is 58.2 Å². The second-order valence-corrected chi connectivity index (χ2v) is 9.37. The number of nitrogens with zero attached hydrogens (tertiary/aromatic N) is 4. The van der Waals surface area contributed by atoms with Gasteiger partial charge in [-0.25, -0.2) is 4.79 Å². The summed E-state index contributed by atoms with van der Waals surface area (Å²) in [6.07, 6.45) is 2.56. The average molecular weight is 447 g/mol. The third kappa shape index (κ3) is 5.28. The zero-order valence-electron chi connectivity index (χ0n) is 19.5. The molecule has 33 heavy (non-hydrogen) atoms. The normalized spacial score (nSPS) is 16.4. The molecule has 0 bridgehead atoms. The Morgan fingerprint density at radius 3 is 2.70 bits per heavy atom. The van der Waals surface area contributed by atoms with Crippen molar-refractivity contribution < 1.29 is 14.3 Å². The maximum absolute atomic E-state index is 12.8. The van der Waals surface area contributed by atoms with Crippen LogP contribution in [-0.4, -0.2) is 45.3 Å². The molecule has 0 N–H and O–H groups in total. The highest BCUT2D eigenvalue weighted by Crippen LogP contribution is 2.26. The number of amides is 1. The van der Waals surface area contributed by atoms with Gasteiger partial charge in [0.05, 0.1) is 35.3 Å². The first kappa shape index (κ1) is 22.7. The van der Waals surface area contributed by atoms with Crippen LogP contribution in [0.25, 0.3) is 11.0 Å². The lowest BCUT2D eigenvalue weighted by Crippen LogP contribution is -2.48. The van der Waals surface area contributed by atoms with E-state index in [1.54, 1.807) is 4.90 Å². The lowest BCUT2D eigenvalue weighted by molar-refractivity contribution is 0.00290. The number of piperidine rings is 1. The molecule has 2 aromatic carbocycles. The molecule has 7 nitrogen and oxygen atoms in total. The van der Waals surface area contributed by atoms with E-state index >= 15 is 0 Å². The summed E-state index contributed by atoms with van der Waals surface area (Å²) in [5, 5.41) is 9.51. The van der Waals surface area contributed by atoms with Crippen LogP contribution in [0.4, 0.5) is 4.79 Å². The van der Waals surface area contributed by atoms with Crippen molar-refractivity contribution in [2.75, 3.05) is 13.2 Å². The molecule has 3 aromatic rings. The minimum atomic E-state index is -0.540. The van der Waals surface area contributed by atoms with Gasteiger partial charge in [-0.2, -0.15) is 10.2 Å². The second kappa shape index (κ2) is 9.53. The molecule has 172 valence electrons. The lowest BCUT2D eigenvalue weighted by atomic mass is 10.0. The van der Waals surface area contributed by atoms with Crippen LogP contribution >= 0.6 is 0 Å². The summed E-state index contributed by atoms with van der Waals surface area (Å²) in [5.41, 5.74) is 2.76. The molecule has 1 fully saturated rings. The van der Waals surface area contributed by atoms with Crippen LogP contribution in [0.3, 0.4) is 0 Å². The van der Waals surface area contributed by atoms with Gasteiger partial charge in [-0.3, -0.25) is 4.57 Å². The maximum Gasteiger partial charge on any atom is 0.410 e. The van der Waals surface area contributed by atoms with E-state index in [-0.39, 0.29) is 12.1 Å². The SMILES string of the molecule is CC(C)(C)OC(=O)N1CCCC[C@H]1COc1nc2ccccc2n1Cc1ccccc1C#N. The summed E-state index contributed by atoms with van der Waals surface area (Å²) >= 11 is 0. The predicted octanol–water partition coefficient (Wildman–Crippen LogP) is 5.12. The van der Waals surface area contributed by atoms with Gasteiger partial charge >= 0.3 is 6.09 Å². The quantitative estimate of drug-likeness (QED) is 0.543. The Labute approximate surface area is 194 Å². The number of ether oxygens (including phenoxy) is 2. The van der Waals surface area contributed by atoms with E-state index in [4.69, 9.17) is 14.5 Å². The highest BCUT2D eigenvalue weighted by atomic mass is 16.6. The van der Waals surface area contributed by atoms with Crippen LogP contribution in [0.2, 0.25) is 0 Å². The van der Waals surface area contributed by atoms with Gasteiger partial charge in [-0.05, 0) is 63.8 Å². The molecule has 4 rings (SSSR count). The Kier molecular flexibility index (Phi) is 6.55. The van der Waals surface area contributed by atoms with Crippen LogP contribution in [0.15, 0.2) is 48.5 Å². The number of hydrogen-bond acceptors (Lipinski definition) is 5. The third-order valence-electron chi connectivity index (χ3n) is 5.75. The average Bonchev–Trinajstić information content (AvgIpc) is 3.14. The molecule has 2 heterocycles. The van der Waals surface area contributed by atoms with Gasteiger partial charge in [0.1, 0.15) is 12.2 Å². The minimum absolute atomic E-state index is 0.0757. The fraction of sp³-hybridized carbons (Fsp3) is 0.423. The number of rotatable bonds is 5. The van der Waals surface area contributed by atoms with Crippen LogP contribution in [0, 0.1) is 11.3 Å². The summed E-state index contributed by atoms with van der Waals surface area (Å²) < 4.78 is 13.8. The highest BCUT2D eigenvalue weighted by molar-refractivity contribution is 5.76. The maximum atomic E-state index is 12.8. The number of para-hydroxylation sites is 2. The van der Waals surface area contributed by atoms with Crippen molar-refractivity contribution >= 4 is 17.1 Å². The van der Waals surface area contributed by atoms with E-state index < -0.39 is 5.60 Å². The lowest BCUT2D eigenvalue weighted by Gasteiger charge is -2.36. The topological polar surface area (TPSA) is 80.4 Å². The van der Waals surface area contributed by atoms with E-state index in [1.165, 1.54) is 0 Å². The summed E-state index contributed by atoms with van der Waals surface area (Å²) in [6, 6.07) is 18.1. The fourth-order valence-corrected chi connectivity index (χ4v) is 4.16. The molecule has 0 aliphatic carbocycles. The molecular weight excluding hydrogens is 416 g/mol. The van der Waals surface area contributed by atoms with Crippen molar-refractivity contribution in [3.05, 3.63) is 59.7 Å². The zero-order chi connectivity index (χ0) is 23.4. The number of fused-ring (bicyclic) bond motifs is 1.